The minimum Gasteiger partial charge on any atom is -0.354 e. The predicted molar refractivity (Wildman–Crippen MR) is 185 cm³/mol. The highest BCUT2D eigenvalue weighted by Crippen LogP contribution is 2.29. The number of nitrogens with zero attached hydrogens (tertiary/aromatic N) is 2. The Morgan fingerprint density at radius 2 is 1.37 bits per heavy atom. The average molecular weight is 640 g/mol. The zero-order chi connectivity index (χ0) is 33.3. The lowest BCUT2D eigenvalue weighted by atomic mass is 10.0. The number of aryl methyl sites for hydroxylation is 4. The van der Waals surface area contributed by atoms with Crippen LogP contribution < -0.4 is 9.62 Å². The van der Waals surface area contributed by atoms with Crippen LogP contribution in [0.2, 0.25) is 0 Å². The predicted octanol–water partition coefficient (Wildman–Crippen LogP) is 6.67. The van der Waals surface area contributed by atoms with Gasteiger partial charge in [-0.15, -0.1) is 0 Å². The van der Waals surface area contributed by atoms with E-state index in [0.717, 1.165) is 46.2 Å². The molecule has 242 valence electrons. The zero-order valence-electron chi connectivity index (χ0n) is 27.5. The van der Waals surface area contributed by atoms with Crippen molar-refractivity contribution in [1.29, 1.82) is 0 Å². The Balaban J connectivity index is 1.81. The first kappa shape index (κ1) is 34.4. The van der Waals surface area contributed by atoms with Crippen LogP contribution in [0.3, 0.4) is 0 Å². The van der Waals surface area contributed by atoms with Crippen LogP contribution in [0, 0.1) is 27.7 Å². The van der Waals surface area contributed by atoms with Gasteiger partial charge in [-0.1, -0.05) is 103 Å². The Labute approximate surface area is 274 Å². The second-order valence-corrected chi connectivity index (χ2v) is 13.8. The van der Waals surface area contributed by atoms with Crippen molar-refractivity contribution >= 4 is 27.5 Å². The van der Waals surface area contributed by atoms with Gasteiger partial charge in [0.05, 0.1) is 10.6 Å². The van der Waals surface area contributed by atoms with Crippen LogP contribution in [0.1, 0.15) is 53.1 Å². The number of hydrogen-bond acceptors (Lipinski definition) is 4. The summed E-state index contributed by atoms with van der Waals surface area (Å²) < 4.78 is 29.8. The number of anilines is 1. The third kappa shape index (κ3) is 8.85. The lowest BCUT2D eigenvalue weighted by Gasteiger charge is -2.34. The SMILES string of the molecule is CCCCNC(=O)C(Cc1ccccc1)N(Cc1ccc(C)cc1)C(=O)CN(c1cc(C)ccc1C)S(=O)(=O)c1ccc(C)cc1. The van der Waals surface area contributed by atoms with Gasteiger partial charge in [-0.2, -0.15) is 0 Å². The number of carbonyl (C=O) groups is 2. The lowest BCUT2D eigenvalue weighted by Crippen LogP contribution is -2.53. The van der Waals surface area contributed by atoms with E-state index >= 15 is 0 Å². The monoisotopic (exact) mass is 639 g/mol. The standard InChI is InChI=1S/C38H45N3O4S/c1-6-7-23-39-38(43)36(25-32-11-9-8-10-12-32)40(26-33-19-14-28(2)15-20-33)37(42)27-41(35-24-30(4)13-18-31(35)5)46(44,45)34-21-16-29(3)17-22-34/h8-22,24,36H,6-7,23,25-27H2,1-5H3,(H,39,43). The molecule has 4 aromatic rings. The maximum Gasteiger partial charge on any atom is 0.264 e. The van der Waals surface area contributed by atoms with E-state index in [4.69, 9.17) is 0 Å². The molecule has 0 bridgehead atoms. The maximum absolute atomic E-state index is 14.6. The third-order valence-corrected chi connectivity index (χ3v) is 9.87. The van der Waals surface area contributed by atoms with Gasteiger partial charge in [0.2, 0.25) is 11.8 Å². The molecule has 7 nitrogen and oxygen atoms in total. The number of nitrogens with one attached hydrogen (secondary N) is 1. The molecule has 4 aromatic carbocycles. The van der Waals surface area contributed by atoms with E-state index in [9.17, 15) is 18.0 Å². The van der Waals surface area contributed by atoms with E-state index in [1.54, 1.807) is 35.2 Å². The molecule has 0 spiro atoms. The van der Waals surface area contributed by atoms with Gasteiger partial charge in [0.15, 0.2) is 0 Å². The van der Waals surface area contributed by atoms with E-state index in [2.05, 4.69) is 12.2 Å². The van der Waals surface area contributed by atoms with Crippen molar-refractivity contribution in [2.45, 2.75) is 71.4 Å². The number of rotatable bonds is 14. The average Bonchev–Trinajstić information content (AvgIpc) is 3.04. The van der Waals surface area contributed by atoms with E-state index in [1.165, 1.54) is 4.31 Å². The molecule has 1 atom stereocenters. The molecule has 0 heterocycles. The van der Waals surface area contributed by atoms with Crippen molar-refractivity contribution in [2.24, 2.45) is 0 Å². The molecular formula is C38H45N3O4S. The quantitative estimate of drug-likeness (QED) is 0.156. The molecule has 1 N–H and O–H groups in total. The maximum atomic E-state index is 14.6. The minimum absolute atomic E-state index is 0.0926. The number of unbranched alkanes of at least 4 members (excludes halogenated alkanes) is 1. The summed E-state index contributed by atoms with van der Waals surface area (Å²) in [5.41, 5.74) is 5.76. The van der Waals surface area contributed by atoms with Crippen molar-refractivity contribution in [3.8, 4) is 0 Å². The van der Waals surface area contributed by atoms with Gasteiger partial charge in [-0.05, 0) is 74.6 Å². The molecule has 2 amide bonds. The highest BCUT2D eigenvalue weighted by Gasteiger charge is 2.35. The second-order valence-electron chi connectivity index (χ2n) is 12.0. The molecule has 0 fully saturated rings. The van der Waals surface area contributed by atoms with Crippen LogP contribution in [0.25, 0.3) is 0 Å². The van der Waals surface area contributed by atoms with Crippen molar-refractivity contribution in [1.82, 2.24) is 10.2 Å². The smallest absolute Gasteiger partial charge is 0.264 e. The first-order valence-corrected chi connectivity index (χ1v) is 17.3. The van der Waals surface area contributed by atoms with Gasteiger partial charge in [-0.3, -0.25) is 13.9 Å². The Morgan fingerprint density at radius 1 is 0.761 bits per heavy atom. The summed E-state index contributed by atoms with van der Waals surface area (Å²) in [6.07, 6.45) is 2.01. The molecular weight excluding hydrogens is 595 g/mol. The van der Waals surface area contributed by atoms with E-state index in [-0.39, 0.29) is 23.8 Å². The summed E-state index contributed by atoms with van der Waals surface area (Å²) in [5.74, 6) is -0.735. The largest absolute Gasteiger partial charge is 0.354 e. The number of hydrogen-bond donors (Lipinski definition) is 1. The van der Waals surface area contributed by atoms with Gasteiger partial charge in [0.1, 0.15) is 12.6 Å². The molecule has 0 saturated carbocycles. The minimum atomic E-state index is -4.15. The van der Waals surface area contributed by atoms with Crippen molar-refractivity contribution in [3.63, 3.8) is 0 Å². The topological polar surface area (TPSA) is 86.8 Å². The van der Waals surface area contributed by atoms with Crippen molar-refractivity contribution < 1.29 is 18.0 Å². The van der Waals surface area contributed by atoms with Crippen LogP contribution in [-0.4, -0.2) is 44.3 Å². The summed E-state index contributed by atoms with van der Waals surface area (Å²) in [6, 6.07) is 28.7. The van der Waals surface area contributed by atoms with Gasteiger partial charge < -0.3 is 10.2 Å². The van der Waals surface area contributed by atoms with Gasteiger partial charge in [0.25, 0.3) is 10.0 Å². The number of sulfonamides is 1. The Kier molecular flexibility index (Phi) is 11.8. The number of carbonyl (C=O) groups excluding carboxylic acids is 2. The highest BCUT2D eigenvalue weighted by molar-refractivity contribution is 7.92. The first-order chi connectivity index (χ1) is 22.0. The second kappa shape index (κ2) is 15.7. The van der Waals surface area contributed by atoms with Crippen molar-refractivity contribution in [3.05, 3.63) is 130 Å². The summed E-state index contributed by atoms with van der Waals surface area (Å²) in [4.78, 5) is 30.1. The Bertz CT molecular complexity index is 1720. The molecule has 1 unspecified atom stereocenters. The summed E-state index contributed by atoms with van der Waals surface area (Å²) in [6.45, 7) is 9.82. The van der Waals surface area contributed by atoms with Gasteiger partial charge in [-0.25, -0.2) is 8.42 Å². The molecule has 0 saturated heterocycles. The van der Waals surface area contributed by atoms with Crippen LogP contribution in [0.4, 0.5) is 5.69 Å². The van der Waals surface area contributed by atoms with Gasteiger partial charge >= 0.3 is 0 Å². The highest BCUT2D eigenvalue weighted by atomic mass is 32.2. The molecule has 0 radical (unpaired) electrons. The number of amides is 2. The third-order valence-electron chi connectivity index (χ3n) is 8.10. The zero-order valence-corrected chi connectivity index (χ0v) is 28.3. The Morgan fingerprint density at radius 3 is 2.00 bits per heavy atom. The summed E-state index contributed by atoms with van der Waals surface area (Å²) in [5, 5.41) is 3.03. The van der Waals surface area contributed by atoms with Crippen LogP contribution in [-0.2, 0) is 32.6 Å². The number of benzene rings is 4. The molecule has 0 aliphatic rings. The fourth-order valence-corrected chi connectivity index (χ4v) is 6.76. The normalized spacial score (nSPS) is 11.9. The lowest BCUT2D eigenvalue weighted by molar-refractivity contribution is -0.140. The van der Waals surface area contributed by atoms with Crippen LogP contribution in [0.5, 0.6) is 0 Å². The molecule has 0 aromatic heterocycles. The fourth-order valence-electron chi connectivity index (χ4n) is 5.29. The molecule has 46 heavy (non-hydrogen) atoms. The van der Waals surface area contributed by atoms with Crippen molar-refractivity contribution in [2.75, 3.05) is 17.4 Å². The van der Waals surface area contributed by atoms with E-state index in [0.29, 0.717) is 12.2 Å². The van der Waals surface area contributed by atoms with E-state index < -0.39 is 28.5 Å². The Hall–Kier alpha value is -4.43. The molecule has 0 aliphatic carbocycles. The van der Waals surface area contributed by atoms with E-state index in [1.807, 2.05) is 94.4 Å². The fraction of sp³-hybridized carbons (Fsp3) is 0.316. The molecule has 4 rings (SSSR count). The summed E-state index contributed by atoms with van der Waals surface area (Å²) in [7, 11) is -4.15. The first-order valence-electron chi connectivity index (χ1n) is 15.8. The molecule has 8 heteroatoms. The van der Waals surface area contributed by atoms with Crippen LogP contribution in [0.15, 0.2) is 102 Å². The van der Waals surface area contributed by atoms with Gasteiger partial charge in [0, 0.05) is 19.5 Å². The summed E-state index contributed by atoms with van der Waals surface area (Å²) >= 11 is 0. The molecule has 0 aliphatic heterocycles. The van der Waals surface area contributed by atoms with Crippen LogP contribution >= 0.6 is 0 Å².